The summed E-state index contributed by atoms with van der Waals surface area (Å²) < 4.78 is 27.1. The summed E-state index contributed by atoms with van der Waals surface area (Å²) in [7, 11) is -3.43. The molecule has 0 saturated carbocycles. The molecule has 2 heterocycles. The maximum atomic E-state index is 12.7. The molecule has 1 aromatic heterocycles. The van der Waals surface area contributed by atoms with E-state index in [1.54, 1.807) is 28.6 Å². The van der Waals surface area contributed by atoms with Gasteiger partial charge in [-0.2, -0.15) is 14.7 Å². The van der Waals surface area contributed by atoms with E-state index >= 15 is 0 Å². The van der Waals surface area contributed by atoms with Gasteiger partial charge in [-0.3, -0.25) is 0 Å². The van der Waals surface area contributed by atoms with Gasteiger partial charge in [-0.25, -0.2) is 8.42 Å². The Bertz CT molecular complexity index is 991. The van der Waals surface area contributed by atoms with E-state index in [2.05, 4.69) is 21.6 Å². The van der Waals surface area contributed by atoms with Crippen molar-refractivity contribution in [2.75, 3.05) is 18.4 Å². The van der Waals surface area contributed by atoms with Gasteiger partial charge in [-0.15, -0.1) is 5.10 Å². The minimum atomic E-state index is -3.43. The van der Waals surface area contributed by atoms with Crippen molar-refractivity contribution in [1.82, 2.24) is 14.5 Å². The molecule has 1 aliphatic rings. The van der Waals surface area contributed by atoms with Crippen molar-refractivity contribution in [2.24, 2.45) is 0 Å². The highest BCUT2D eigenvalue weighted by atomic mass is 32.2. The monoisotopic (exact) mass is 413 g/mol. The van der Waals surface area contributed by atoms with Crippen LogP contribution in [0, 0.1) is 11.3 Å². The summed E-state index contributed by atoms with van der Waals surface area (Å²) in [6.45, 7) is 5.62. The number of hydrogen-bond acceptors (Lipinski definition) is 6. The molecule has 1 aromatic carbocycles. The van der Waals surface area contributed by atoms with E-state index in [9.17, 15) is 13.7 Å². The Labute approximate surface area is 172 Å². The third-order valence-electron chi connectivity index (χ3n) is 5.29. The minimum absolute atomic E-state index is 0.321. The molecule has 1 fully saturated rings. The van der Waals surface area contributed by atoms with Gasteiger partial charge in [0.15, 0.2) is 5.82 Å². The molecular formula is C21H27N5O2S. The van der Waals surface area contributed by atoms with E-state index in [0.717, 1.165) is 48.9 Å². The summed E-state index contributed by atoms with van der Waals surface area (Å²) in [6, 6.07) is 9.13. The average molecular weight is 414 g/mol. The second-order valence-corrected chi connectivity index (χ2v) is 9.07. The molecule has 1 aliphatic heterocycles. The van der Waals surface area contributed by atoms with Crippen LogP contribution in [0.1, 0.15) is 55.5 Å². The van der Waals surface area contributed by atoms with Crippen LogP contribution < -0.4 is 5.32 Å². The highest BCUT2D eigenvalue weighted by molar-refractivity contribution is 7.89. The number of nitrogens with zero attached hydrogens (tertiary/aromatic N) is 4. The third kappa shape index (κ3) is 4.57. The number of nitriles is 1. The van der Waals surface area contributed by atoms with Crippen LogP contribution in [0.15, 0.2) is 29.2 Å². The first kappa shape index (κ1) is 21.2. The SMILES string of the molecule is CCc1nnc(NCc2ccc(S(=O)(=O)N3CCCCC3)cc2)c(C#N)c1CC. The van der Waals surface area contributed by atoms with E-state index in [1.165, 1.54) is 0 Å². The Morgan fingerprint density at radius 1 is 1.07 bits per heavy atom. The van der Waals surface area contributed by atoms with Crippen molar-refractivity contribution in [3.05, 3.63) is 46.6 Å². The molecule has 7 nitrogen and oxygen atoms in total. The van der Waals surface area contributed by atoms with Crippen molar-refractivity contribution in [1.29, 1.82) is 5.26 Å². The second kappa shape index (κ2) is 9.33. The second-order valence-electron chi connectivity index (χ2n) is 7.13. The van der Waals surface area contributed by atoms with Crippen LogP contribution in [-0.4, -0.2) is 36.0 Å². The van der Waals surface area contributed by atoms with E-state index in [4.69, 9.17) is 0 Å². The Balaban J connectivity index is 1.73. The Morgan fingerprint density at radius 2 is 1.76 bits per heavy atom. The van der Waals surface area contributed by atoms with Crippen LogP contribution in [0.25, 0.3) is 0 Å². The molecule has 29 heavy (non-hydrogen) atoms. The van der Waals surface area contributed by atoms with E-state index in [0.29, 0.717) is 35.9 Å². The lowest BCUT2D eigenvalue weighted by molar-refractivity contribution is 0.346. The lowest BCUT2D eigenvalue weighted by Crippen LogP contribution is -2.35. The number of nitrogens with one attached hydrogen (secondary N) is 1. The average Bonchev–Trinajstić information content (AvgIpc) is 2.77. The summed E-state index contributed by atoms with van der Waals surface area (Å²) in [4.78, 5) is 0.321. The van der Waals surface area contributed by atoms with Gasteiger partial charge in [0.25, 0.3) is 0 Å². The first-order valence-corrected chi connectivity index (χ1v) is 11.6. The minimum Gasteiger partial charge on any atom is -0.363 e. The highest BCUT2D eigenvalue weighted by Gasteiger charge is 2.25. The maximum Gasteiger partial charge on any atom is 0.243 e. The van der Waals surface area contributed by atoms with Gasteiger partial charge in [0.1, 0.15) is 11.6 Å². The summed E-state index contributed by atoms with van der Waals surface area (Å²) in [5.41, 5.74) is 3.21. The fourth-order valence-electron chi connectivity index (χ4n) is 3.64. The molecule has 0 bridgehead atoms. The summed E-state index contributed by atoms with van der Waals surface area (Å²) in [5.74, 6) is 0.464. The van der Waals surface area contributed by atoms with Gasteiger partial charge in [0, 0.05) is 19.6 Å². The van der Waals surface area contributed by atoms with Crippen molar-refractivity contribution in [2.45, 2.75) is 57.4 Å². The van der Waals surface area contributed by atoms with Crippen LogP contribution in [0.4, 0.5) is 5.82 Å². The predicted molar refractivity (Wildman–Crippen MR) is 112 cm³/mol. The van der Waals surface area contributed by atoms with Crippen molar-refractivity contribution < 1.29 is 8.42 Å². The molecule has 0 radical (unpaired) electrons. The van der Waals surface area contributed by atoms with E-state index in [-0.39, 0.29) is 0 Å². The standard InChI is InChI=1S/C21H27N5O2S/c1-3-18-19(14-22)21(25-24-20(18)4-2)23-15-16-8-10-17(11-9-16)29(27,28)26-12-6-5-7-13-26/h8-11H,3-7,12-13,15H2,1-2H3,(H,23,25). The molecule has 1 N–H and O–H groups in total. The predicted octanol–water partition coefficient (Wildman–Crippen LogP) is 3.26. The normalized spacial score (nSPS) is 15.1. The molecule has 0 spiro atoms. The fraction of sp³-hybridized carbons (Fsp3) is 0.476. The number of aromatic nitrogens is 2. The zero-order chi connectivity index (χ0) is 20.9. The molecule has 2 aromatic rings. The topological polar surface area (TPSA) is 99.0 Å². The van der Waals surface area contributed by atoms with Gasteiger partial charge >= 0.3 is 0 Å². The van der Waals surface area contributed by atoms with Gasteiger partial charge in [0.05, 0.1) is 10.6 Å². The number of hydrogen-bond donors (Lipinski definition) is 1. The summed E-state index contributed by atoms with van der Waals surface area (Å²) in [6.07, 6.45) is 4.38. The van der Waals surface area contributed by atoms with Crippen LogP contribution in [-0.2, 0) is 29.4 Å². The van der Waals surface area contributed by atoms with Crippen LogP contribution in [0.5, 0.6) is 0 Å². The molecule has 0 unspecified atom stereocenters. The molecule has 0 atom stereocenters. The first-order chi connectivity index (χ1) is 14.0. The van der Waals surface area contributed by atoms with Crippen molar-refractivity contribution >= 4 is 15.8 Å². The number of benzene rings is 1. The summed E-state index contributed by atoms with van der Waals surface area (Å²) >= 11 is 0. The molecule has 154 valence electrons. The molecule has 3 rings (SSSR count). The van der Waals surface area contributed by atoms with Crippen LogP contribution in [0.3, 0.4) is 0 Å². The number of sulfonamides is 1. The number of piperidine rings is 1. The Morgan fingerprint density at radius 3 is 2.34 bits per heavy atom. The highest BCUT2D eigenvalue weighted by Crippen LogP contribution is 2.22. The Hall–Kier alpha value is -2.50. The molecule has 0 aliphatic carbocycles. The maximum absolute atomic E-state index is 12.7. The molecule has 0 amide bonds. The smallest absolute Gasteiger partial charge is 0.243 e. The third-order valence-corrected chi connectivity index (χ3v) is 7.21. The fourth-order valence-corrected chi connectivity index (χ4v) is 5.15. The Kier molecular flexibility index (Phi) is 6.83. The molecular weight excluding hydrogens is 386 g/mol. The van der Waals surface area contributed by atoms with Crippen LogP contribution >= 0.6 is 0 Å². The van der Waals surface area contributed by atoms with Gasteiger partial charge in [-0.05, 0) is 48.9 Å². The van der Waals surface area contributed by atoms with Gasteiger partial charge < -0.3 is 5.32 Å². The lowest BCUT2D eigenvalue weighted by atomic mass is 10.0. The zero-order valence-electron chi connectivity index (χ0n) is 17.0. The van der Waals surface area contributed by atoms with Crippen LogP contribution in [0.2, 0.25) is 0 Å². The number of anilines is 1. The number of aryl methyl sites for hydroxylation is 1. The lowest BCUT2D eigenvalue weighted by Gasteiger charge is -2.25. The van der Waals surface area contributed by atoms with Crippen molar-refractivity contribution in [3.63, 3.8) is 0 Å². The molecule has 8 heteroatoms. The zero-order valence-corrected chi connectivity index (χ0v) is 17.8. The largest absolute Gasteiger partial charge is 0.363 e. The summed E-state index contributed by atoms with van der Waals surface area (Å²) in [5, 5.41) is 21.2. The molecule has 1 saturated heterocycles. The first-order valence-electron chi connectivity index (χ1n) is 10.1. The number of rotatable bonds is 7. The van der Waals surface area contributed by atoms with E-state index < -0.39 is 10.0 Å². The quantitative estimate of drug-likeness (QED) is 0.748. The van der Waals surface area contributed by atoms with E-state index in [1.807, 2.05) is 13.8 Å². The van der Waals surface area contributed by atoms with Gasteiger partial charge in [-0.1, -0.05) is 32.4 Å². The van der Waals surface area contributed by atoms with Gasteiger partial charge in [0.2, 0.25) is 10.0 Å². The van der Waals surface area contributed by atoms with Crippen molar-refractivity contribution in [3.8, 4) is 6.07 Å².